The molecular weight excluding hydrogens is 420 g/mol. The summed E-state index contributed by atoms with van der Waals surface area (Å²) in [5.74, 6) is -3.35. The molecule has 0 saturated carbocycles. The molecule has 29 heavy (non-hydrogen) atoms. The van der Waals surface area contributed by atoms with E-state index in [1.807, 2.05) is 0 Å². The maximum Gasteiger partial charge on any atom is 0.397 e. The minimum atomic E-state index is -1.10. The van der Waals surface area contributed by atoms with E-state index in [0.717, 1.165) is 11.3 Å². The van der Waals surface area contributed by atoms with E-state index in [4.69, 9.17) is 16.3 Å². The van der Waals surface area contributed by atoms with Crippen molar-refractivity contribution in [1.29, 1.82) is 0 Å². The third-order valence-electron chi connectivity index (χ3n) is 3.62. The molecule has 2 N–H and O–H groups in total. The van der Waals surface area contributed by atoms with Crippen molar-refractivity contribution >= 4 is 57.4 Å². The van der Waals surface area contributed by atoms with Crippen molar-refractivity contribution in [2.24, 2.45) is 0 Å². The number of carbonyl (C=O) groups excluding carboxylic acids is 4. The number of anilines is 2. The summed E-state index contributed by atoms with van der Waals surface area (Å²) in [6.07, 6.45) is 0. The predicted octanol–water partition coefficient (Wildman–Crippen LogP) is 3.64. The first-order valence-corrected chi connectivity index (χ1v) is 9.83. The Hall–Kier alpha value is -2.91. The number of hydrogen-bond acceptors (Lipinski definition) is 7. The maximum absolute atomic E-state index is 12.7. The van der Waals surface area contributed by atoms with Gasteiger partial charge >= 0.3 is 17.8 Å². The van der Waals surface area contributed by atoms with E-state index in [0.29, 0.717) is 16.3 Å². The van der Waals surface area contributed by atoms with Crippen LogP contribution in [-0.2, 0) is 19.1 Å². The lowest BCUT2D eigenvalue weighted by atomic mass is 10.1. The quantitative estimate of drug-likeness (QED) is 0.526. The fourth-order valence-electron chi connectivity index (χ4n) is 2.34. The van der Waals surface area contributed by atoms with Gasteiger partial charge in [0.2, 0.25) is 0 Å². The normalized spacial score (nSPS) is 10.2. The van der Waals surface area contributed by atoms with Crippen LogP contribution < -0.4 is 10.6 Å². The zero-order valence-electron chi connectivity index (χ0n) is 16.0. The van der Waals surface area contributed by atoms with Crippen LogP contribution in [0.3, 0.4) is 0 Å². The minimum Gasteiger partial charge on any atom is -0.462 e. The molecule has 0 atom stereocenters. The van der Waals surface area contributed by atoms with Gasteiger partial charge in [0.15, 0.2) is 0 Å². The van der Waals surface area contributed by atoms with E-state index in [2.05, 4.69) is 15.4 Å². The molecule has 0 saturated heterocycles. The molecule has 0 unspecified atom stereocenters. The maximum atomic E-state index is 12.7. The Balaban J connectivity index is 2.36. The second kappa shape index (κ2) is 10.0. The van der Waals surface area contributed by atoms with Gasteiger partial charge in [0, 0.05) is 10.7 Å². The minimum absolute atomic E-state index is 0.00996. The number of esters is 2. The summed E-state index contributed by atoms with van der Waals surface area (Å²) in [5.41, 5.74) is 0.830. The van der Waals surface area contributed by atoms with Gasteiger partial charge in [-0.05, 0) is 50.6 Å². The smallest absolute Gasteiger partial charge is 0.397 e. The summed E-state index contributed by atoms with van der Waals surface area (Å²) < 4.78 is 9.66. The van der Waals surface area contributed by atoms with Crippen molar-refractivity contribution in [2.45, 2.75) is 20.8 Å². The van der Waals surface area contributed by atoms with Crippen molar-refractivity contribution in [3.05, 3.63) is 45.3 Å². The number of amides is 2. The van der Waals surface area contributed by atoms with E-state index in [1.54, 1.807) is 45.0 Å². The molecule has 0 radical (unpaired) electrons. The van der Waals surface area contributed by atoms with E-state index < -0.39 is 23.8 Å². The molecule has 0 aliphatic rings. The lowest BCUT2D eigenvalue weighted by Crippen LogP contribution is -2.25. The number of carbonyl (C=O) groups is 4. The molecule has 10 heteroatoms. The summed E-state index contributed by atoms with van der Waals surface area (Å²) in [5, 5.41) is 5.56. The Morgan fingerprint density at radius 2 is 1.62 bits per heavy atom. The number of benzene rings is 1. The molecule has 0 spiro atoms. The molecule has 2 rings (SSSR count). The predicted molar refractivity (Wildman–Crippen MR) is 110 cm³/mol. The van der Waals surface area contributed by atoms with E-state index >= 15 is 0 Å². The van der Waals surface area contributed by atoms with Crippen LogP contribution in [0.4, 0.5) is 10.7 Å². The van der Waals surface area contributed by atoms with Crippen molar-refractivity contribution < 1.29 is 28.7 Å². The molecule has 1 aromatic carbocycles. The SMILES string of the molecule is CCOC(=O)C(=O)Nc1sc(C(=O)Nc2ccc(Cl)cc2)c(C)c1C(=O)OCC. The fourth-order valence-corrected chi connectivity index (χ4v) is 3.55. The number of thiophene rings is 1. The molecule has 2 aromatic rings. The van der Waals surface area contributed by atoms with Crippen LogP contribution in [0.2, 0.25) is 5.02 Å². The van der Waals surface area contributed by atoms with Gasteiger partial charge in [0.05, 0.1) is 23.7 Å². The average Bonchev–Trinajstić information content (AvgIpc) is 3.00. The Bertz CT molecular complexity index is 939. The second-order valence-corrected chi connectivity index (χ2v) is 7.07. The van der Waals surface area contributed by atoms with Crippen molar-refractivity contribution in [1.82, 2.24) is 0 Å². The molecule has 8 nitrogen and oxygen atoms in total. The molecule has 1 aromatic heterocycles. The van der Waals surface area contributed by atoms with Crippen LogP contribution in [0.25, 0.3) is 0 Å². The third kappa shape index (κ3) is 5.55. The van der Waals surface area contributed by atoms with E-state index in [-0.39, 0.29) is 28.7 Å². The standard InChI is InChI=1S/C19H19ClN2O6S/c1-4-27-18(25)13-10(3)14(15(23)21-12-8-6-11(20)7-9-12)29-17(13)22-16(24)19(26)28-5-2/h6-9H,4-5H2,1-3H3,(H,21,23)(H,22,24). The Labute approximate surface area is 176 Å². The topological polar surface area (TPSA) is 111 Å². The van der Waals surface area contributed by atoms with Gasteiger partial charge in [0.25, 0.3) is 5.91 Å². The summed E-state index contributed by atoms with van der Waals surface area (Å²) in [6.45, 7) is 4.87. The molecular formula is C19H19ClN2O6S. The lowest BCUT2D eigenvalue weighted by Gasteiger charge is -2.06. The molecule has 0 bridgehead atoms. The van der Waals surface area contributed by atoms with Crippen LogP contribution >= 0.6 is 22.9 Å². The van der Waals surface area contributed by atoms with Crippen LogP contribution in [0.5, 0.6) is 0 Å². The molecule has 0 fully saturated rings. The first-order chi connectivity index (χ1) is 13.8. The number of halogens is 1. The highest BCUT2D eigenvalue weighted by Gasteiger charge is 2.28. The molecule has 0 aliphatic carbocycles. The summed E-state index contributed by atoms with van der Waals surface area (Å²) in [7, 11) is 0. The Morgan fingerprint density at radius 1 is 1.00 bits per heavy atom. The van der Waals surface area contributed by atoms with Gasteiger partial charge in [-0.25, -0.2) is 9.59 Å². The average molecular weight is 439 g/mol. The van der Waals surface area contributed by atoms with Crippen LogP contribution in [0.1, 0.15) is 39.4 Å². The monoisotopic (exact) mass is 438 g/mol. The van der Waals surface area contributed by atoms with Crippen LogP contribution in [-0.4, -0.2) is 37.0 Å². The Kier molecular flexibility index (Phi) is 7.74. The molecule has 0 aliphatic heterocycles. The fraction of sp³-hybridized carbons (Fsp3) is 0.263. The van der Waals surface area contributed by atoms with Gasteiger partial charge < -0.3 is 20.1 Å². The van der Waals surface area contributed by atoms with Crippen LogP contribution in [0.15, 0.2) is 24.3 Å². The zero-order chi connectivity index (χ0) is 21.6. The number of hydrogen-bond donors (Lipinski definition) is 2. The van der Waals surface area contributed by atoms with Crippen molar-refractivity contribution in [3.63, 3.8) is 0 Å². The van der Waals surface area contributed by atoms with E-state index in [9.17, 15) is 19.2 Å². The number of rotatable bonds is 6. The van der Waals surface area contributed by atoms with Crippen molar-refractivity contribution in [2.75, 3.05) is 23.8 Å². The second-order valence-electron chi connectivity index (χ2n) is 5.62. The number of ether oxygens (including phenoxy) is 2. The highest BCUT2D eigenvalue weighted by molar-refractivity contribution is 7.19. The third-order valence-corrected chi connectivity index (χ3v) is 5.08. The zero-order valence-corrected chi connectivity index (χ0v) is 17.5. The summed E-state index contributed by atoms with van der Waals surface area (Å²) in [6, 6.07) is 6.48. The van der Waals surface area contributed by atoms with E-state index in [1.165, 1.54) is 0 Å². The molecule has 154 valence electrons. The van der Waals surface area contributed by atoms with Gasteiger partial charge in [-0.2, -0.15) is 0 Å². The van der Waals surface area contributed by atoms with Crippen molar-refractivity contribution in [3.8, 4) is 0 Å². The van der Waals surface area contributed by atoms with Gasteiger partial charge in [-0.15, -0.1) is 11.3 Å². The number of nitrogens with one attached hydrogen (secondary N) is 2. The first kappa shape index (κ1) is 22.4. The highest BCUT2D eigenvalue weighted by atomic mass is 35.5. The van der Waals surface area contributed by atoms with Gasteiger partial charge in [-0.3, -0.25) is 9.59 Å². The summed E-state index contributed by atoms with van der Waals surface area (Å²) >= 11 is 6.69. The van der Waals surface area contributed by atoms with Gasteiger partial charge in [0.1, 0.15) is 5.00 Å². The first-order valence-electron chi connectivity index (χ1n) is 8.63. The Morgan fingerprint density at radius 3 is 2.21 bits per heavy atom. The molecule has 2 amide bonds. The summed E-state index contributed by atoms with van der Waals surface area (Å²) in [4.78, 5) is 48.9. The molecule has 1 heterocycles. The lowest BCUT2D eigenvalue weighted by molar-refractivity contribution is -0.152. The largest absolute Gasteiger partial charge is 0.462 e. The van der Waals surface area contributed by atoms with Crippen LogP contribution in [0, 0.1) is 6.92 Å². The highest BCUT2D eigenvalue weighted by Crippen LogP contribution is 2.34. The van der Waals surface area contributed by atoms with Gasteiger partial charge in [-0.1, -0.05) is 11.6 Å².